The summed E-state index contributed by atoms with van der Waals surface area (Å²) in [4.78, 5) is 4.53. The number of halogens is 2. The smallest absolute Gasteiger partial charge is 0.207 e. The van der Waals surface area contributed by atoms with Crippen LogP contribution in [0.1, 0.15) is 12.1 Å². The molecule has 2 aromatic rings. The first-order chi connectivity index (χ1) is 9.61. The van der Waals surface area contributed by atoms with E-state index in [-0.39, 0.29) is 0 Å². The topological polar surface area (TPSA) is 39.1 Å². The molecule has 0 saturated carbocycles. The Bertz CT molecular complexity index is 584. The number of hydrogen-bond acceptors (Lipinski definition) is 3. The van der Waals surface area contributed by atoms with E-state index < -0.39 is 0 Å². The first-order valence-electron chi connectivity index (χ1n) is 6.36. The molecule has 0 aliphatic heterocycles. The van der Waals surface area contributed by atoms with Crippen LogP contribution in [0.15, 0.2) is 33.3 Å². The number of hydrogen-bond donors (Lipinski definition) is 1. The molecule has 0 bridgehead atoms. The summed E-state index contributed by atoms with van der Waals surface area (Å²) in [5, 5.41) is 3.35. The van der Waals surface area contributed by atoms with Gasteiger partial charge in [0.05, 0.1) is 11.4 Å². The van der Waals surface area contributed by atoms with Gasteiger partial charge < -0.3 is 10.1 Å². The Labute approximate surface area is 135 Å². The molecule has 108 valence electrons. The van der Waals surface area contributed by atoms with Gasteiger partial charge >= 0.3 is 0 Å². The van der Waals surface area contributed by atoms with Crippen LogP contribution in [0.3, 0.4) is 0 Å². The van der Waals surface area contributed by atoms with E-state index in [0.29, 0.717) is 0 Å². The van der Waals surface area contributed by atoms with Gasteiger partial charge in [-0.05, 0) is 47.5 Å². The summed E-state index contributed by atoms with van der Waals surface area (Å²) in [5.41, 5.74) is 2.04. The highest BCUT2D eigenvalue weighted by Crippen LogP contribution is 2.27. The fraction of sp³-hybridized carbons (Fsp3) is 0.357. The minimum Gasteiger partial charge on any atom is -0.385 e. The molecule has 0 spiro atoms. The molecule has 4 nitrogen and oxygen atoms in total. The normalized spacial score (nSPS) is 10.8. The minimum atomic E-state index is 0.745. The summed E-state index contributed by atoms with van der Waals surface area (Å²) in [6.07, 6.45) is 2.97. The van der Waals surface area contributed by atoms with Crippen LogP contribution in [0.4, 0.5) is 5.95 Å². The average molecular weight is 403 g/mol. The van der Waals surface area contributed by atoms with Gasteiger partial charge in [0.2, 0.25) is 5.95 Å². The maximum atomic E-state index is 5.05. The Balaban J connectivity index is 2.22. The van der Waals surface area contributed by atoms with E-state index >= 15 is 0 Å². The molecule has 1 aromatic heterocycles. The second-order valence-corrected chi connectivity index (χ2v) is 6.21. The molecule has 0 radical (unpaired) electrons. The molecule has 2 rings (SSSR count). The number of imidazole rings is 1. The van der Waals surface area contributed by atoms with Crippen LogP contribution in [0.5, 0.6) is 0 Å². The highest BCUT2D eigenvalue weighted by molar-refractivity contribution is 9.11. The lowest BCUT2D eigenvalue weighted by atomic mass is 10.3. The molecule has 1 aromatic carbocycles. The third-order valence-corrected chi connectivity index (χ3v) is 3.93. The molecule has 0 aliphatic rings. The molecule has 0 aliphatic carbocycles. The monoisotopic (exact) mass is 401 g/mol. The van der Waals surface area contributed by atoms with Crippen LogP contribution in [0.2, 0.25) is 0 Å². The van der Waals surface area contributed by atoms with Gasteiger partial charge in [-0.25, -0.2) is 4.98 Å². The van der Waals surface area contributed by atoms with Gasteiger partial charge in [-0.3, -0.25) is 4.57 Å². The van der Waals surface area contributed by atoms with Crippen molar-refractivity contribution >= 4 is 37.8 Å². The van der Waals surface area contributed by atoms with Crippen molar-refractivity contribution in [2.24, 2.45) is 0 Å². The lowest BCUT2D eigenvalue weighted by Gasteiger charge is -2.11. The van der Waals surface area contributed by atoms with Gasteiger partial charge in [-0.2, -0.15) is 0 Å². The predicted octanol–water partition coefficient (Wildman–Crippen LogP) is 4.15. The minimum absolute atomic E-state index is 0.745. The maximum Gasteiger partial charge on any atom is 0.207 e. The molecule has 1 heterocycles. The first kappa shape index (κ1) is 15.5. The van der Waals surface area contributed by atoms with Crippen LogP contribution in [-0.4, -0.2) is 29.8 Å². The van der Waals surface area contributed by atoms with E-state index in [1.165, 1.54) is 0 Å². The zero-order valence-corrected chi connectivity index (χ0v) is 14.7. The Morgan fingerprint density at radius 2 is 2.15 bits per heavy atom. The number of anilines is 1. The molecule has 0 saturated heterocycles. The summed E-state index contributed by atoms with van der Waals surface area (Å²) < 4.78 is 9.17. The van der Waals surface area contributed by atoms with E-state index in [0.717, 1.165) is 45.8 Å². The zero-order valence-electron chi connectivity index (χ0n) is 11.5. The van der Waals surface area contributed by atoms with E-state index in [1.54, 1.807) is 7.11 Å². The molecule has 0 amide bonds. The fourth-order valence-electron chi connectivity index (χ4n) is 1.90. The average Bonchev–Trinajstić information content (AvgIpc) is 2.76. The van der Waals surface area contributed by atoms with E-state index in [9.17, 15) is 0 Å². The lowest BCUT2D eigenvalue weighted by Crippen LogP contribution is -2.09. The first-order valence-corrected chi connectivity index (χ1v) is 7.94. The van der Waals surface area contributed by atoms with Gasteiger partial charge in [-0.15, -0.1) is 0 Å². The molecule has 0 unspecified atom stereocenters. The Kier molecular flexibility index (Phi) is 5.63. The number of nitrogens with zero attached hydrogens (tertiary/aromatic N) is 2. The van der Waals surface area contributed by atoms with Crippen molar-refractivity contribution in [3.05, 3.63) is 39.0 Å². The molecule has 1 N–H and O–H groups in total. The Morgan fingerprint density at radius 3 is 2.85 bits per heavy atom. The SMILES string of the molecule is COCCCNc1nc(C)cn1-c1ccc(Br)cc1Br. The number of methoxy groups -OCH3 is 1. The van der Waals surface area contributed by atoms with Crippen LogP contribution in [-0.2, 0) is 4.74 Å². The largest absolute Gasteiger partial charge is 0.385 e. The van der Waals surface area contributed by atoms with Crippen LogP contribution >= 0.6 is 31.9 Å². The molecule has 20 heavy (non-hydrogen) atoms. The van der Waals surface area contributed by atoms with Gasteiger partial charge in [0.1, 0.15) is 0 Å². The Morgan fingerprint density at radius 1 is 1.35 bits per heavy atom. The number of aromatic nitrogens is 2. The second kappa shape index (κ2) is 7.24. The lowest BCUT2D eigenvalue weighted by molar-refractivity contribution is 0.197. The number of aryl methyl sites for hydroxylation is 1. The van der Waals surface area contributed by atoms with Crippen molar-refractivity contribution in [3.8, 4) is 5.69 Å². The van der Waals surface area contributed by atoms with Crippen molar-refractivity contribution in [3.63, 3.8) is 0 Å². The maximum absolute atomic E-state index is 5.05. The van der Waals surface area contributed by atoms with Gasteiger partial charge in [0, 0.05) is 35.4 Å². The van der Waals surface area contributed by atoms with Crippen molar-refractivity contribution in [2.45, 2.75) is 13.3 Å². The van der Waals surface area contributed by atoms with Crippen molar-refractivity contribution in [1.82, 2.24) is 9.55 Å². The number of benzene rings is 1. The van der Waals surface area contributed by atoms with Crippen molar-refractivity contribution < 1.29 is 4.74 Å². The molecular weight excluding hydrogens is 386 g/mol. The predicted molar refractivity (Wildman–Crippen MR) is 88.7 cm³/mol. The second-order valence-electron chi connectivity index (χ2n) is 4.44. The number of ether oxygens (including phenoxy) is 1. The zero-order chi connectivity index (χ0) is 14.5. The summed E-state index contributed by atoms with van der Waals surface area (Å²) in [7, 11) is 1.71. The van der Waals surface area contributed by atoms with Gasteiger partial charge in [-0.1, -0.05) is 15.9 Å². The fourth-order valence-corrected chi connectivity index (χ4v) is 3.14. The van der Waals surface area contributed by atoms with Gasteiger partial charge in [0.15, 0.2) is 0 Å². The number of nitrogens with one attached hydrogen (secondary N) is 1. The third kappa shape index (κ3) is 3.84. The van der Waals surface area contributed by atoms with Gasteiger partial charge in [0.25, 0.3) is 0 Å². The molecule has 6 heteroatoms. The van der Waals surface area contributed by atoms with E-state index in [4.69, 9.17) is 4.74 Å². The third-order valence-electron chi connectivity index (χ3n) is 2.80. The Hall–Kier alpha value is -0.850. The summed E-state index contributed by atoms with van der Waals surface area (Å²) in [5.74, 6) is 0.849. The van der Waals surface area contributed by atoms with E-state index in [2.05, 4.69) is 52.8 Å². The number of rotatable bonds is 6. The van der Waals surface area contributed by atoms with Crippen LogP contribution in [0.25, 0.3) is 5.69 Å². The molecular formula is C14H17Br2N3O. The highest BCUT2D eigenvalue weighted by atomic mass is 79.9. The quantitative estimate of drug-likeness (QED) is 0.737. The standard InChI is InChI=1S/C14H17Br2N3O/c1-10-9-19(13-5-4-11(15)8-12(13)16)14(18-10)17-6-3-7-20-2/h4-5,8-9H,3,6-7H2,1-2H3,(H,17,18). The summed E-state index contributed by atoms with van der Waals surface area (Å²) in [6.45, 7) is 3.57. The van der Waals surface area contributed by atoms with Crippen LogP contribution < -0.4 is 5.32 Å². The highest BCUT2D eigenvalue weighted by Gasteiger charge is 2.10. The molecule has 0 fully saturated rings. The van der Waals surface area contributed by atoms with E-state index in [1.807, 2.05) is 25.3 Å². The summed E-state index contributed by atoms with van der Waals surface area (Å²) >= 11 is 7.06. The van der Waals surface area contributed by atoms with Crippen LogP contribution in [0, 0.1) is 6.92 Å². The van der Waals surface area contributed by atoms with Crippen molar-refractivity contribution in [1.29, 1.82) is 0 Å². The summed E-state index contributed by atoms with van der Waals surface area (Å²) in [6, 6.07) is 6.10. The molecule has 0 atom stereocenters. The van der Waals surface area contributed by atoms with Crippen molar-refractivity contribution in [2.75, 3.05) is 25.6 Å².